The molecule has 3 atom stereocenters. The first kappa shape index (κ1) is 14.6. The van der Waals surface area contributed by atoms with Gasteiger partial charge in [-0.15, -0.1) is 0 Å². The number of amides is 3. The summed E-state index contributed by atoms with van der Waals surface area (Å²) in [4.78, 5) is 27.4. The quantitative estimate of drug-likeness (QED) is 0.880. The molecular weight excluding hydrogens is 256 g/mol. The summed E-state index contributed by atoms with van der Waals surface area (Å²) in [7, 11) is 0. The maximum Gasteiger partial charge on any atom is 0.321 e. The molecule has 6 nitrogen and oxygen atoms in total. The second kappa shape index (κ2) is 6.54. The van der Waals surface area contributed by atoms with Gasteiger partial charge >= 0.3 is 6.03 Å². The first-order valence-electron chi connectivity index (χ1n) is 7.12. The molecular formula is C14H22N4O2. The Bertz CT molecular complexity index is 458. The zero-order valence-electron chi connectivity index (χ0n) is 12.0. The van der Waals surface area contributed by atoms with Crippen LogP contribution in [0.3, 0.4) is 0 Å². The number of rotatable bonds is 3. The molecule has 0 radical (unpaired) electrons. The van der Waals surface area contributed by atoms with E-state index in [1.54, 1.807) is 23.3 Å². The van der Waals surface area contributed by atoms with Crippen LogP contribution in [0.5, 0.6) is 0 Å². The average molecular weight is 278 g/mol. The molecule has 1 aromatic rings. The fraction of sp³-hybridized carbons (Fsp3) is 0.643. The lowest BCUT2D eigenvalue weighted by Crippen LogP contribution is -2.49. The van der Waals surface area contributed by atoms with Crippen LogP contribution < -0.4 is 10.6 Å². The molecule has 2 rings (SSSR count). The van der Waals surface area contributed by atoms with Crippen molar-refractivity contribution in [2.45, 2.75) is 45.7 Å². The summed E-state index contributed by atoms with van der Waals surface area (Å²) in [5, 5.41) is 5.28. The lowest BCUT2D eigenvalue weighted by Gasteiger charge is -2.34. The number of nitrogens with one attached hydrogen (secondary N) is 2. The van der Waals surface area contributed by atoms with Crippen LogP contribution >= 0.6 is 0 Å². The topological polar surface area (TPSA) is 76.0 Å². The van der Waals surface area contributed by atoms with Gasteiger partial charge in [0, 0.05) is 18.4 Å². The summed E-state index contributed by atoms with van der Waals surface area (Å²) in [6, 6.07) is -0.249. The SMILES string of the molecule is CC1CCCC(NC(=O)NC(=O)Cn2ccnc2)C1C. The van der Waals surface area contributed by atoms with Crippen LogP contribution in [0, 0.1) is 11.8 Å². The summed E-state index contributed by atoms with van der Waals surface area (Å²) in [6.45, 7) is 4.47. The molecule has 110 valence electrons. The highest BCUT2D eigenvalue weighted by Crippen LogP contribution is 2.29. The molecule has 0 aromatic carbocycles. The van der Waals surface area contributed by atoms with Gasteiger partial charge in [-0.2, -0.15) is 0 Å². The van der Waals surface area contributed by atoms with E-state index in [0.717, 1.165) is 12.8 Å². The van der Waals surface area contributed by atoms with Crippen molar-refractivity contribution in [1.82, 2.24) is 20.2 Å². The van der Waals surface area contributed by atoms with E-state index in [1.807, 2.05) is 0 Å². The predicted octanol–water partition coefficient (Wildman–Crippen LogP) is 1.53. The Morgan fingerprint density at radius 2 is 2.15 bits per heavy atom. The van der Waals surface area contributed by atoms with Gasteiger partial charge in [-0.3, -0.25) is 10.1 Å². The van der Waals surface area contributed by atoms with Crippen molar-refractivity contribution in [2.24, 2.45) is 11.8 Å². The largest absolute Gasteiger partial charge is 0.335 e. The highest BCUT2D eigenvalue weighted by molar-refractivity contribution is 5.94. The maximum absolute atomic E-state index is 11.8. The Labute approximate surface area is 119 Å². The van der Waals surface area contributed by atoms with Gasteiger partial charge in [-0.1, -0.05) is 26.7 Å². The zero-order valence-corrected chi connectivity index (χ0v) is 12.0. The third-order valence-corrected chi connectivity index (χ3v) is 4.16. The normalized spacial score (nSPS) is 26.0. The van der Waals surface area contributed by atoms with Crippen molar-refractivity contribution >= 4 is 11.9 Å². The standard InChI is InChI=1S/C14H22N4O2/c1-10-4-3-5-12(11(10)2)16-14(20)17-13(19)8-18-7-6-15-9-18/h6-7,9-12H,3-5,8H2,1-2H3,(H2,16,17,19,20). The summed E-state index contributed by atoms with van der Waals surface area (Å²) in [5.74, 6) is 0.714. The highest BCUT2D eigenvalue weighted by Gasteiger charge is 2.28. The van der Waals surface area contributed by atoms with E-state index in [4.69, 9.17) is 0 Å². The van der Waals surface area contributed by atoms with Crippen molar-refractivity contribution < 1.29 is 9.59 Å². The second-order valence-electron chi connectivity index (χ2n) is 5.63. The molecule has 3 amide bonds. The van der Waals surface area contributed by atoms with Crippen LogP contribution in [0.2, 0.25) is 0 Å². The first-order valence-corrected chi connectivity index (χ1v) is 7.12. The van der Waals surface area contributed by atoms with E-state index >= 15 is 0 Å². The van der Waals surface area contributed by atoms with Crippen molar-refractivity contribution in [2.75, 3.05) is 0 Å². The number of imidazole rings is 1. The number of carbonyl (C=O) groups is 2. The zero-order chi connectivity index (χ0) is 14.5. The van der Waals surface area contributed by atoms with Gasteiger partial charge < -0.3 is 9.88 Å². The minimum absolute atomic E-state index is 0.101. The number of carbonyl (C=O) groups excluding carboxylic acids is 2. The van der Waals surface area contributed by atoms with Gasteiger partial charge in [0.2, 0.25) is 5.91 Å². The van der Waals surface area contributed by atoms with Gasteiger partial charge in [-0.25, -0.2) is 9.78 Å². The van der Waals surface area contributed by atoms with E-state index in [0.29, 0.717) is 11.8 Å². The monoisotopic (exact) mass is 278 g/mol. The lowest BCUT2D eigenvalue weighted by atomic mass is 9.78. The number of urea groups is 1. The minimum atomic E-state index is -0.402. The Kier molecular flexibility index (Phi) is 4.76. The molecule has 0 bridgehead atoms. The van der Waals surface area contributed by atoms with Gasteiger partial charge in [-0.05, 0) is 18.3 Å². The smallest absolute Gasteiger partial charge is 0.321 e. The van der Waals surface area contributed by atoms with Crippen molar-refractivity contribution in [3.05, 3.63) is 18.7 Å². The molecule has 20 heavy (non-hydrogen) atoms. The summed E-state index contributed by atoms with van der Waals surface area (Å²) < 4.78 is 1.62. The van der Waals surface area contributed by atoms with E-state index < -0.39 is 6.03 Å². The third kappa shape index (κ3) is 3.82. The Morgan fingerprint density at radius 3 is 2.85 bits per heavy atom. The molecule has 1 fully saturated rings. The van der Waals surface area contributed by atoms with Crippen molar-refractivity contribution in [3.8, 4) is 0 Å². The maximum atomic E-state index is 11.8. The first-order chi connectivity index (χ1) is 9.56. The summed E-state index contributed by atoms with van der Waals surface area (Å²) in [5.41, 5.74) is 0. The molecule has 1 saturated carbocycles. The molecule has 1 aliphatic rings. The Balaban J connectivity index is 1.78. The molecule has 1 aliphatic carbocycles. The molecule has 0 aliphatic heterocycles. The van der Waals surface area contributed by atoms with Crippen LogP contribution in [-0.4, -0.2) is 27.5 Å². The number of nitrogens with zero attached hydrogens (tertiary/aromatic N) is 2. The molecule has 2 N–H and O–H groups in total. The predicted molar refractivity (Wildman–Crippen MR) is 74.9 cm³/mol. The van der Waals surface area contributed by atoms with Crippen molar-refractivity contribution in [3.63, 3.8) is 0 Å². The van der Waals surface area contributed by atoms with E-state index in [9.17, 15) is 9.59 Å². The van der Waals surface area contributed by atoms with Crippen LogP contribution in [-0.2, 0) is 11.3 Å². The van der Waals surface area contributed by atoms with Gasteiger partial charge in [0.25, 0.3) is 0 Å². The molecule has 0 saturated heterocycles. The van der Waals surface area contributed by atoms with Gasteiger partial charge in [0.05, 0.1) is 6.33 Å². The Hall–Kier alpha value is -1.85. The van der Waals surface area contributed by atoms with Gasteiger partial charge in [0.1, 0.15) is 6.54 Å². The van der Waals surface area contributed by atoms with E-state index in [1.165, 1.54) is 6.42 Å². The summed E-state index contributed by atoms with van der Waals surface area (Å²) >= 11 is 0. The molecule has 1 heterocycles. The van der Waals surface area contributed by atoms with Crippen LogP contribution in [0.4, 0.5) is 4.79 Å². The lowest BCUT2D eigenvalue weighted by molar-refractivity contribution is -0.120. The minimum Gasteiger partial charge on any atom is -0.335 e. The van der Waals surface area contributed by atoms with Crippen LogP contribution in [0.25, 0.3) is 0 Å². The van der Waals surface area contributed by atoms with E-state index in [-0.39, 0.29) is 18.5 Å². The average Bonchev–Trinajstić information content (AvgIpc) is 2.87. The highest BCUT2D eigenvalue weighted by atomic mass is 16.2. The number of aromatic nitrogens is 2. The number of hydrogen-bond donors (Lipinski definition) is 2. The Morgan fingerprint density at radius 1 is 1.35 bits per heavy atom. The molecule has 3 unspecified atom stereocenters. The van der Waals surface area contributed by atoms with Crippen LogP contribution in [0.1, 0.15) is 33.1 Å². The van der Waals surface area contributed by atoms with Crippen LogP contribution in [0.15, 0.2) is 18.7 Å². The summed E-state index contributed by atoms with van der Waals surface area (Å²) in [6.07, 6.45) is 8.14. The van der Waals surface area contributed by atoms with Gasteiger partial charge in [0.15, 0.2) is 0 Å². The van der Waals surface area contributed by atoms with Crippen molar-refractivity contribution in [1.29, 1.82) is 0 Å². The molecule has 1 aromatic heterocycles. The third-order valence-electron chi connectivity index (χ3n) is 4.16. The van der Waals surface area contributed by atoms with E-state index in [2.05, 4.69) is 29.5 Å². The number of hydrogen-bond acceptors (Lipinski definition) is 3. The molecule has 6 heteroatoms. The molecule has 0 spiro atoms. The fourth-order valence-electron chi connectivity index (χ4n) is 2.70. The number of imide groups is 1. The fourth-order valence-corrected chi connectivity index (χ4v) is 2.70. The second-order valence-corrected chi connectivity index (χ2v) is 5.63.